The van der Waals surface area contributed by atoms with Crippen molar-refractivity contribution >= 4 is 16.6 Å². The van der Waals surface area contributed by atoms with Crippen LogP contribution in [0.25, 0.3) is 10.9 Å². The Hall–Kier alpha value is -2.08. The summed E-state index contributed by atoms with van der Waals surface area (Å²) in [7, 11) is 3.52. The van der Waals surface area contributed by atoms with Gasteiger partial charge < -0.3 is 9.72 Å². The first kappa shape index (κ1) is 12.9. The second-order valence-corrected chi connectivity index (χ2v) is 5.22. The number of hydrogen-bond donors (Lipinski definition) is 1. The van der Waals surface area contributed by atoms with Crippen LogP contribution in [-0.4, -0.2) is 35.5 Å². The van der Waals surface area contributed by atoms with Gasteiger partial charge in [0.15, 0.2) is 5.75 Å². The molecular weight excluding hydrogens is 258 g/mol. The normalized spacial score (nSPS) is 19.1. The van der Waals surface area contributed by atoms with Crippen molar-refractivity contribution in [2.45, 2.75) is 19.4 Å². The van der Waals surface area contributed by atoms with E-state index in [1.807, 2.05) is 6.07 Å². The SMILES string of the molecule is COc1ccc2c3c([nH]c2c1[N+](=O)[O-])[C@@H](C)N(C)CC3. The lowest BCUT2D eigenvalue weighted by atomic mass is 9.98. The van der Waals surface area contributed by atoms with Crippen LogP contribution >= 0.6 is 0 Å². The molecular formula is C14H17N3O3. The Morgan fingerprint density at radius 2 is 2.25 bits per heavy atom. The van der Waals surface area contributed by atoms with Gasteiger partial charge in [-0.15, -0.1) is 0 Å². The second kappa shape index (κ2) is 4.49. The zero-order valence-electron chi connectivity index (χ0n) is 11.8. The number of likely N-dealkylation sites (N-methyl/N-ethyl adjacent to an activating group) is 1. The molecule has 1 aromatic heterocycles. The Bertz CT molecular complexity index is 693. The lowest BCUT2D eigenvalue weighted by Crippen LogP contribution is -2.30. The van der Waals surface area contributed by atoms with Crippen molar-refractivity contribution in [3.05, 3.63) is 33.5 Å². The number of nitrogens with one attached hydrogen (secondary N) is 1. The van der Waals surface area contributed by atoms with Crippen molar-refractivity contribution in [1.82, 2.24) is 9.88 Å². The summed E-state index contributed by atoms with van der Waals surface area (Å²) in [5, 5.41) is 12.3. The number of ether oxygens (including phenoxy) is 1. The van der Waals surface area contributed by atoms with Gasteiger partial charge in [0.05, 0.1) is 12.0 Å². The van der Waals surface area contributed by atoms with Crippen LogP contribution in [0.2, 0.25) is 0 Å². The number of rotatable bonds is 2. The lowest BCUT2D eigenvalue weighted by molar-refractivity contribution is -0.384. The topological polar surface area (TPSA) is 71.4 Å². The largest absolute Gasteiger partial charge is 0.490 e. The number of H-pyrrole nitrogens is 1. The second-order valence-electron chi connectivity index (χ2n) is 5.22. The van der Waals surface area contributed by atoms with Crippen LogP contribution in [0.1, 0.15) is 24.2 Å². The molecule has 1 N–H and O–H groups in total. The molecule has 0 radical (unpaired) electrons. The molecule has 20 heavy (non-hydrogen) atoms. The first-order valence-electron chi connectivity index (χ1n) is 6.60. The van der Waals surface area contributed by atoms with E-state index >= 15 is 0 Å². The van der Waals surface area contributed by atoms with E-state index in [1.165, 1.54) is 12.7 Å². The van der Waals surface area contributed by atoms with Gasteiger partial charge in [0.2, 0.25) is 0 Å². The van der Waals surface area contributed by atoms with E-state index in [0.717, 1.165) is 24.0 Å². The molecule has 0 fully saturated rings. The van der Waals surface area contributed by atoms with Gasteiger partial charge >= 0.3 is 5.69 Å². The molecule has 2 heterocycles. The van der Waals surface area contributed by atoms with Gasteiger partial charge in [0.1, 0.15) is 5.52 Å². The molecule has 6 heteroatoms. The van der Waals surface area contributed by atoms with E-state index < -0.39 is 0 Å². The van der Waals surface area contributed by atoms with Crippen LogP contribution < -0.4 is 4.74 Å². The predicted molar refractivity (Wildman–Crippen MR) is 76.3 cm³/mol. The van der Waals surface area contributed by atoms with Crippen molar-refractivity contribution in [3.8, 4) is 5.75 Å². The maximum absolute atomic E-state index is 11.3. The van der Waals surface area contributed by atoms with Gasteiger partial charge in [0, 0.05) is 23.7 Å². The molecule has 0 unspecified atom stereocenters. The average Bonchev–Trinajstić information content (AvgIpc) is 2.80. The third-order valence-electron chi connectivity index (χ3n) is 4.25. The average molecular weight is 275 g/mol. The minimum absolute atomic E-state index is 0.0225. The quantitative estimate of drug-likeness (QED) is 0.675. The Labute approximate surface area is 116 Å². The summed E-state index contributed by atoms with van der Waals surface area (Å²) in [4.78, 5) is 16.5. The fourth-order valence-corrected chi connectivity index (χ4v) is 2.98. The van der Waals surface area contributed by atoms with Gasteiger partial charge in [-0.2, -0.15) is 0 Å². The van der Waals surface area contributed by atoms with Crippen LogP contribution in [0.4, 0.5) is 5.69 Å². The maximum Gasteiger partial charge on any atom is 0.334 e. The summed E-state index contributed by atoms with van der Waals surface area (Å²) in [6, 6.07) is 3.82. The summed E-state index contributed by atoms with van der Waals surface area (Å²) in [6.45, 7) is 3.07. The Morgan fingerprint density at radius 1 is 1.50 bits per heavy atom. The van der Waals surface area contributed by atoms with E-state index in [1.54, 1.807) is 6.07 Å². The van der Waals surface area contributed by atoms with Crippen molar-refractivity contribution in [2.24, 2.45) is 0 Å². The highest BCUT2D eigenvalue weighted by Gasteiger charge is 2.29. The monoisotopic (exact) mass is 275 g/mol. The first-order valence-corrected chi connectivity index (χ1v) is 6.60. The number of aromatic amines is 1. The first-order chi connectivity index (χ1) is 9.54. The van der Waals surface area contributed by atoms with E-state index in [0.29, 0.717) is 11.3 Å². The molecule has 1 atom stereocenters. The number of nitro groups is 1. The summed E-state index contributed by atoms with van der Waals surface area (Å²) < 4.78 is 5.12. The third kappa shape index (κ3) is 1.68. The van der Waals surface area contributed by atoms with Crippen LogP contribution in [0.15, 0.2) is 12.1 Å². The van der Waals surface area contributed by atoms with E-state index in [-0.39, 0.29) is 16.7 Å². The van der Waals surface area contributed by atoms with Crippen LogP contribution in [0.3, 0.4) is 0 Å². The molecule has 1 aromatic carbocycles. The Kier molecular flexibility index (Phi) is 2.90. The molecule has 1 aliphatic rings. The predicted octanol–water partition coefficient (Wildman–Crippen LogP) is 2.63. The van der Waals surface area contributed by atoms with E-state index in [2.05, 4.69) is 23.9 Å². The molecule has 0 amide bonds. The number of aromatic nitrogens is 1. The van der Waals surface area contributed by atoms with E-state index in [9.17, 15) is 10.1 Å². The van der Waals surface area contributed by atoms with Gasteiger partial charge in [-0.3, -0.25) is 15.0 Å². The molecule has 0 aliphatic carbocycles. The molecule has 0 bridgehead atoms. The van der Waals surface area contributed by atoms with Crippen molar-refractivity contribution in [2.75, 3.05) is 20.7 Å². The standard InChI is InChI=1S/C14H17N3O3/c1-8-12-10(6-7-16(8)2)9-4-5-11(20-3)14(17(18)19)13(9)15-12/h4-5,8,15H,6-7H2,1-3H3/t8-/m1/s1. The lowest BCUT2D eigenvalue weighted by Gasteiger charge is -2.29. The van der Waals surface area contributed by atoms with Crippen LogP contribution in [0.5, 0.6) is 5.75 Å². The summed E-state index contributed by atoms with van der Waals surface area (Å²) >= 11 is 0. The number of fused-ring (bicyclic) bond motifs is 3. The van der Waals surface area contributed by atoms with Crippen molar-refractivity contribution in [1.29, 1.82) is 0 Å². The number of hydrogen-bond acceptors (Lipinski definition) is 4. The molecule has 0 spiro atoms. The minimum Gasteiger partial charge on any atom is -0.490 e. The maximum atomic E-state index is 11.3. The van der Waals surface area contributed by atoms with Gasteiger partial charge in [0.25, 0.3) is 0 Å². The molecule has 0 saturated heterocycles. The molecule has 0 saturated carbocycles. The highest BCUT2D eigenvalue weighted by Crippen LogP contribution is 2.40. The van der Waals surface area contributed by atoms with Gasteiger partial charge in [-0.05, 0) is 38.1 Å². The van der Waals surface area contributed by atoms with Crippen LogP contribution in [-0.2, 0) is 6.42 Å². The molecule has 1 aliphatic heterocycles. The van der Waals surface area contributed by atoms with Gasteiger partial charge in [-0.25, -0.2) is 0 Å². The summed E-state index contributed by atoms with van der Waals surface area (Å²) in [5.74, 6) is 0.294. The summed E-state index contributed by atoms with van der Waals surface area (Å²) in [5.41, 5.74) is 2.86. The fourth-order valence-electron chi connectivity index (χ4n) is 2.98. The highest BCUT2D eigenvalue weighted by molar-refractivity contribution is 5.94. The van der Waals surface area contributed by atoms with E-state index in [4.69, 9.17) is 4.74 Å². The summed E-state index contributed by atoms with van der Waals surface area (Å²) in [6.07, 6.45) is 0.902. The third-order valence-corrected chi connectivity index (χ3v) is 4.25. The molecule has 106 valence electrons. The highest BCUT2D eigenvalue weighted by atomic mass is 16.6. The van der Waals surface area contributed by atoms with Gasteiger partial charge in [-0.1, -0.05) is 0 Å². The number of methoxy groups -OCH3 is 1. The number of benzene rings is 1. The molecule has 6 nitrogen and oxygen atoms in total. The van der Waals surface area contributed by atoms with Crippen LogP contribution in [0, 0.1) is 10.1 Å². The Morgan fingerprint density at radius 3 is 2.90 bits per heavy atom. The zero-order valence-corrected chi connectivity index (χ0v) is 11.8. The number of nitrogens with zero attached hydrogens (tertiary/aromatic N) is 2. The molecule has 2 aromatic rings. The smallest absolute Gasteiger partial charge is 0.334 e. The van der Waals surface area contributed by atoms with Crippen molar-refractivity contribution in [3.63, 3.8) is 0 Å². The minimum atomic E-state index is -0.377. The Balaban J connectivity index is 2.32. The number of nitro benzene ring substituents is 1. The van der Waals surface area contributed by atoms with Crippen molar-refractivity contribution < 1.29 is 9.66 Å². The fraction of sp³-hybridized carbons (Fsp3) is 0.429. The zero-order chi connectivity index (χ0) is 14.4. The molecule has 3 rings (SSSR count).